The predicted molar refractivity (Wildman–Crippen MR) is 83.3 cm³/mol. The maximum atomic E-state index is 9.65. The SMILES string of the molecule is CCN(Cc1ccc(Cl)c(O)c1)C1CCCCC1.Cl. The number of hydrogen-bond acceptors (Lipinski definition) is 2. The first-order valence-corrected chi connectivity index (χ1v) is 7.30. The lowest BCUT2D eigenvalue weighted by Crippen LogP contribution is -2.36. The zero-order valence-electron chi connectivity index (χ0n) is 11.4. The minimum Gasteiger partial charge on any atom is -0.506 e. The highest BCUT2D eigenvalue weighted by Crippen LogP contribution is 2.27. The van der Waals surface area contributed by atoms with Crippen LogP contribution in [0.2, 0.25) is 5.02 Å². The standard InChI is InChI=1S/C15H22ClNO.ClH/c1-2-17(13-6-4-3-5-7-13)11-12-8-9-14(16)15(18)10-12;/h8-10,13,18H,2-7,11H2,1H3;1H. The summed E-state index contributed by atoms with van der Waals surface area (Å²) in [7, 11) is 0. The molecule has 1 aromatic rings. The first kappa shape index (κ1) is 16.6. The minimum absolute atomic E-state index is 0. The van der Waals surface area contributed by atoms with Gasteiger partial charge in [-0.2, -0.15) is 0 Å². The molecule has 0 aliphatic heterocycles. The fraction of sp³-hybridized carbons (Fsp3) is 0.600. The van der Waals surface area contributed by atoms with Crippen molar-refractivity contribution in [3.63, 3.8) is 0 Å². The molecule has 0 radical (unpaired) electrons. The molecule has 2 nitrogen and oxygen atoms in total. The lowest BCUT2D eigenvalue weighted by Gasteiger charge is -2.33. The molecular weight excluding hydrogens is 281 g/mol. The number of aromatic hydroxyl groups is 1. The van der Waals surface area contributed by atoms with E-state index in [4.69, 9.17) is 11.6 Å². The third-order valence-corrected chi connectivity index (χ3v) is 4.21. The molecule has 1 aromatic carbocycles. The Morgan fingerprint density at radius 3 is 2.53 bits per heavy atom. The summed E-state index contributed by atoms with van der Waals surface area (Å²) in [6.45, 7) is 4.18. The van der Waals surface area contributed by atoms with Gasteiger partial charge in [0.1, 0.15) is 5.75 Å². The second-order valence-electron chi connectivity index (χ2n) is 5.14. The van der Waals surface area contributed by atoms with Crippen LogP contribution in [0, 0.1) is 0 Å². The van der Waals surface area contributed by atoms with Gasteiger partial charge in [-0.05, 0) is 37.1 Å². The van der Waals surface area contributed by atoms with Gasteiger partial charge in [0.15, 0.2) is 0 Å². The van der Waals surface area contributed by atoms with Gasteiger partial charge in [0.2, 0.25) is 0 Å². The summed E-state index contributed by atoms with van der Waals surface area (Å²) in [4.78, 5) is 2.52. The molecule has 0 saturated heterocycles. The van der Waals surface area contributed by atoms with Crippen molar-refractivity contribution in [1.82, 2.24) is 4.90 Å². The second-order valence-corrected chi connectivity index (χ2v) is 5.55. The van der Waals surface area contributed by atoms with E-state index in [1.54, 1.807) is 12.1 Å². The molecule has 2 rings (SSSR count). The van der Waals surface area contributed by atoms with Gasteiger partial charge in [0, 0.05) is 12.6 Å². The zero-order valence-corrected chi connectivity index (χ0v) is 13.0. The molecule has 1 saturated carbocycles. The van der Waals surface area contributed by atoms with Gasteiger partial charge in [-0.15, -0.1) is 12.4 Å². The van der Waals surface area contributed by atoms with E-state index in [1.807, 2.05) is 6.07 Å². The Kier molecular flexibility index (Phi) is 6.98. The molecule has 19 heavy (non-hydrogen) atoms. The summed E-state index contributed by atoms with van der Waals surface area (Å²) in [6.07, 6.45) is 6.72. The Labute approximate surface area is 127 Å². The van der Waals surface area contributed by atoms with E-state index in [-0.39, 0.29) is 18.2 Å². The highest BCUT2D eigenvalue weighted by Gasteiger charge is 2.19. The smallest absolute Gasteiger partial charge is 0.134 e. The molecule has 108 valence electrons. The molecule has 1 aliphatic carbocycles. The van der Waals surface area contributed by atoms with E-state index in [1.165, 1.54) is 32.1 Å². The van der Waals surface area contributed by atoms with Crippen molar-refractivity contribution < 1.29 is 5.11 Å². The summed E-state index contributed by atoms with van der Waals surface area (Å²) in [6, 6.07) is 6.28. The lowest BCUT2D eigenvalue weighted by atomic mass is 9.94. The van der Waals surface area contributed by atoms with Gasteiger partial charge in [0.05, 0.1) is 5.02 Å². The van der Waals surface area contributed by atoms with E-state index in [9.17, 15) is 5.11 Å². The van der Waals surface area contributed by atoms with Crippen LogP contribution in [0.4, 0.5) is 0 Å². The van der Waals surface area contributed by atoms with Crippen LogP contribution in [-0.2, 0) is 6.54 Å². The first-order chi connectivity index (χ1) is 8.70. The lowest BCUT2D eigenvalue weighted by molar-refractivity contribution is 0.156. The summed E-state index contributed by atoms with van der Waals surface area (Å²) in [5.41, 5.74) is 1.14. The highest BCUT2D eigenvalue weighted by atomic mass is 35.5. The van der Waals surface area contributed by atoms with E-state index in [2.05, 4.69) is 11.8 Å². The molecule has 0 atom stereocenters. The Bertz CT molecular complexity index is 392. The molecule has 0 spiro atoms. The van der Waals surface area contributed by atoms with Crippen molar-refractivity contribution in [2.24, 2.45) is 0 Å². The van der Waals surface area contributed by atoms with Crippen LogP contribution in [0.1, 0.15) is 44.6 Å². The van der Waals surface area contributed by atoms with Crippen molar-refractivity contribution in [1.29, 1.82) is 0 Å². The molecular formula is C15H23Cl2NO. The molecule has 0 bridgehead atoms. The molecule has 1 N–H and O–H groups in total. The largest absolute Gasteiger partial charge is 0.506 e. The van der Waals surface area contributed by atoms with Crippen molar-refractivity contribution in [3.8, 4) is 5.75 Å². The van der Waals surface area contributed by atoms with Crippen LogP contribution < -0.4 is 0 Å². The number of halogens is 2. The third kappa shape index (κ3) is 4.55. The predicted octanol–water partition coefficient (Wildman–Crippen LogP) is 4.62. The number of phenols is 1. The summed E-state index contributed by atoms with van der Waals surface area (Å²) >= 11 is 5.84. The quantitative estimate of drug-likeness (QED) is 0.877. The highest BCUT2D eigenvalue weighted by molar-refractivity contribution is 6.31. The molecule has 0 amide bonds. The molecule has 0 aromatic heterocycles. The minimum atomic E-state index is 0. The number of benzene rings is 1. The first-order valence-electron chi connectivity index (χ1n) is 6.92. The van der Waals surface area contributed by atoms with Gasteiger partial charge >= 0.3 is 0 Å². The van der Waals surface area contributed by atoms with E-state index < -0.39 is 0 Å². The molecule has 0 heterocycles. The topological polar surface area (TPSA) is 23.5 Å². The van der Waals surface area contributed by atoms with Crippen molar-refractivity contribution in [2.75, 3.05) is 6.54 Å². The van der Waals surface area contributed by atoms with Gasteiger partial charge < -0.3 is 5.11 Å². The van der Waals surface area contributed by atoms with Crippen LogP contribution in [0.3, 0.4) is 0 Å². The number of nitrogens with zero attached hydrogens (tertiary/aromatic N) is 1. The van der Waals surface area contributed by atoms with Crippen molar-refractivity contribution in [2.45, 2.75) is 51.6 Å². The van der Waals surface area contributed by atoms with E-state index >= 15 is 0 Å². The number of phenolic OH excluding ortho intramolecular Hbond substituents is 1. The maximum absolute atomic E-state index is 9.65. The maximum Gasteiger partial charge on any atom is 0.134 e. The van der Waals surface area contributed by atoms with Crippen LogP contribution in [0.5, 0.6) is 5.75 Å². The van der Waals surface area contributed by atoms with Gasteiger partial charge in [0.25, 0.3) is 0 Å². The number of hydrogen-bond donors (Lipinski definition) is 1. The average Bonchev–Trinajstić information content (AvgIpc) is 2.41. The van der Waals surface area contributed by atoms with Crippen LogP contribution in [0.15, 0.2) is 18.2 Å². The van der Waals surface area contributed by atoms with Gasteiger partial charge in [-0.25, -0.2) is 0 Å². The Morgan fingerprint density at radius 2 is 1.95 bits per heavy atom. The van der Waals surface area contributed by atoms with Crippen LogP contribution >= 0.6 is 24.0 Å². The van der Waals surface area contributed by atoms with Crippen LogP contribution in [0.25, 0.3) is 0 Å². The van der Waals surface area contributed by atoms with E-state index in [0.29, 0.717) is 11.1 Å². The number of rotatable bonds is 4. The Hall–Kier alpha value is -0.440. The second kappa shape index (κ2) is 7.98. The molecule has 4 heteroatoms. The summed E-state index contributed by atoms with van der Waals surface area (Å²) in [5.74, 6) is 0.189. The Morgan fingerprint density at radius 1 is 1.26 bits per heavy atom. The molecule has 1 aliphatic rings. The fourth-order valence-corrected chi connectivity index (χ4v) is 2.95. The third-order valence-electron chi connectivity index (χ3n) is 3.89. The van der Waals surface area contributed by atoms with Gasteiger partial charge in [-0.1, -0.05) is 43.9 Å². The normalized spacial score (nSPS) is 16.4. The fourth-order valence-electron chi connectivity index (χ4n) is 2.84. The summed E-state index contributed by atoms with van der Waals surface area (Å²) < 4.78 is 0. The summed E-state index contributed by atoms with van der Waals surface area (Å²) in [5, 5.41) is 10.1. The van der Waals surface area contributed by atoms with Crippen LogP contribution in [-0.4, -0.2) is 22.6 Å². The van der Waals surface area contributed by atoms with Gasteiger partial charge in [-0.3, -0.25) is 4.90 Å². The molecule has 0 unspecified atom stereocenters. The molecule has 1 fully saturated rings. The zero-order chi connectivity index (χ0) is 13.0. The van der Waals surface area contributed by atoms with E-state index in [0.717, 1.165) is 18.7 Å². The van der Waals surface area contributed by atoms with Crippen molar-refractivity contribution in [3.05, 3.63) is 28.8 Å². The monoisotopic (exact) mass is 303 g/mol. The average molecular weight is 304 g/mol. The Balaban J connectivity index is 0.00000180. The van der Waals surface area contributed by atoms with Crippen molar-refractivity contribution >= 4 is 24.0 Å².